The Morgan fingerprint density at radius 3 is 2.11 bits per heavy atom. The van der Waals surface area contributed by atoms with Crippen LogP contribution in [0, 0.1) is 0 Å². The van der Waals surface area contributed by atoms with Gasteiger partial charge in [-0.25, -0.2) is 8.42 Å². The average Bonchev–Trinajstić information content (AvgIpc) is 2.87. The second-order valence-electron chi connectivity index (χ2n) is 8.41. The van der Waals surface area contributed by atoms with Crippen molar-refractivity contribution in [2.75, 3.05) is 24.2 Å². The Morgan fingerprint density at radius 1 is 0.895 bits per heavy atom. The summed E-state index contributed by atoms with van der Waals surface area (Å²) in [6.07, 6.45) is 1.11. The molecule has 202 valence electrons. The molecule has 38 heavy (non-hydrogen) atoms. The number of hydrogen-bond acceptors (Lipinski definition) is 4. The zero-order valence-corrected chi connectivity index (χ0v) is 24.3. The number of sulfonamides is 1. The number of carbonyl (C=O) groups is 2. The minimum atomic E-state index is -4.00. The molecule has 12 heteroatoms. The number of nitrogens with zero attached hydrogens (tertiary/aromatic N) is 2. The molecule has 0 fully saturated rings. The van der Waals surface area contributed by atoms with Gasteiger partial charge in [-0.05, 0) is 35.9 Å². The first-order chi connectivity index (χ1) is 17.9. The van der Waals surface area contributed by atoms with Crippen molar-refractivity contribution in [2.24, 2.45) is 0 Å². The average molecular weight is 617 g/mol. The third-order valence-corrected chi connectivity index (χ3v) is 8.15. The van der Waals surface area contributed by atoms with Gasteiger partial charge in [-0.3, -0.25) is 13.9 Å². The molecule has 2 amide bonds. The molecule has 0 bridgehead atoms. The number of rotatable bonds is 10. The Labute approximate surface area is 242 Å². The highest BCUT2D eigenvalue weighted by atomic mass is 35.5. The van der Waals surface area contributed by atoms with Crippen LogP contribution in [0.25, 0.3) is 0 Å². The molecule has 0 aromatic heterocycles. The summed E-state index contributed by atoms with van der Waals surface area (Å²) in [4.78, 5) is 28.3. The Kier molecular flexibility index (Phi) is 10.3. The lowest BCUT2D eigenvalue weighted by molar-refractivity contribution is -0.139. The molecule has 0 saturated heterocycles. The number of anilines is 1. The number of carbonyl (C=O) groups excluding carboxylic acids is 2. The van der Waals surface area contributed by atoms with Gasteiger partial charge in [-0.2, -0.15) is 0 Å². The second kappa shape index (κ2) is 13.0. The zero-order valence-electron chi connectivity index (χ0n) is 20.5. The third-order valence-electron chi connectivity index (χ3n) is 5.76. The molecule has 0 spiro atoms. The largest absolute Gasteiger partial charge is 0.357 e. The molecule has 3 rings (SSSR count). The van der Waals surface area contributed by atoms with Gasteiger partial charge in [0.2, 0.25) is 21.8 Å². The van der Waals surface area contributed by atoms with Crippen LogP contribution in [0.3, 0.4) is 0 Å². The Morgan fingerprint density at radius 2 is 1.53 bits per heavy atom. The van der Waals surface area contributed by atoms with Crippen LogP contribution in [0.15, 0.2) is 66.7 Å². The van der Waals surface area contributed by atoms with E-state index in [4.69, 9.17) is 46.4 Å². The van der Waals surface area contributed by atoms with Crippen molar-refractivity contribution in [1.82, 2.24) is 10.2 Å². The molecular formula is C26H25Cl4N3O4S. The predicted molar refractivity (Wildman–Crippen MR) is 154 cm³/mol. The van der Waals surface area contributed by atoms with E-state index < -0.39 is 34.4 Å². The third kappa shape index (κ3) is 7.55. The van der Waals surface area contributed by atoms with Crippen molar-refractivity contribution < 1.29 is 18.0 Å². The molecule has 3 aromatic carbocycles. The van der Waals surface area contributed by atoms with Gasteiger partial charge in [0.25, 0.3) is 0 Å². The number of benzene rings is 3. The Bertz CT molecular complexity index is 1400. The maximum atomic E-state index is 13.9. The molecule has 0 saturated carbocycles. The molecular weight excluding hydrogens is 592 g/mol. The lowest BCUT2D eigenvalue weighted by atomic mass is 10.0. The van der Waals surface area contributed by atoms with Gasteiger partial charge in [0.05, 0.1) is 17.0 Å². The minimum Gasteiger partial charge on any atom is -0.357 e. The molecule has 1 atom stereocenters. The monoisotopic (exact) mass is 615 g/mol. The molecule has 7 nitrogen and oxygen atoms in total. The Hall–Kier alpha value is -2.49. The molecule has 0 aliphatic carbocycles. The van der Waals surface area contributed by atoms with Gasteiger partial charge < -0.3 is 10.2 Å². The number of nitrogens with one attached hydrogen (secondary N) is 1. The summed E-state index contributed by atoms with van der Waals surface area (Å²) in [6.45, 7) is -0.799. The first-order valence-electron chi connectivity index (χ1n) is 11.3. The summed E-state index contributed by atoms with van der Waals surface area (Å²) in [7, 11) is -2.54. The fraction of sp³-hybridized carbons (Fsp3) is 0.231. The maximum absolute atomic E-state index is 13.9. The van der Waals surface area contributed by atoms with E-state index in [0.29, 0.717) is 15.6 Å². The van der Waals surface area contributed by atoms with Crippen molar-refractivity contribution >= 4 is 73.9 Å². The number of hydrogen-bond donors (Lipinski definition) is 1. The summed E-state index contributed by atoms with van der Waals surface area (Å²) in [5, 5.41) is 3.51. The summed E-state index contributed by atoms with van der Waals surface area (Å²) < 4.78 is 26.5. The van der Waals surface area contributed by atoms with E-state index in [0.717, 1.165) is 16.1 Å². The highest BCUT2D eigenvalue weighted by Gasteiger charge is 2.33. The quantitative estimate of drug-likeness (QED) is 0.328. The summed E-state index contributed by atoms with van der Waals surface area (Å²) in [6, 6.07) is 17.3. The molecule has 3 aromatic rings. The molecule has 1 N–H and O–H groups in total. The van der Waals surface area contributed by atoms with E-state index in [1.807, 2.05) is 30.3 Å². The lowest BCUT2D eigenvalue weighted by Gasteiger charge is -2.33. The van der Waals surface area contributed by atoms with E-state index in [1.165, 1.54) is 30.1 Å². The summed E-state index contributed by atoms with van der Waals surface area (Å²) >= 11 is 25.2. The number of likely N-dealkylation sites (N-methyl/N-ethyl adjacent to an activating group) is 1. The predicted octanol–water partition coefficient (Wildman–Crippen LogP) is 5.45. The van der Waals surface area contributed by atoms with Crippen LogP contribution in [-0.2, 0) is 32.6 Å². The van der Waals surface area contributed by atoms with Crippen LogP contribution in [0.2, 0.25) is 20.1 Å². The maximum Gasteiger partial charge on any atom is 0.244 e. The van der Waals surface area contributed by atoms with Crippen LogP contribution in [0.1, 0.15) is 11.1 Å². The van der Waals surface area contributed by atoms with Crippen molar-refractivity contribution in [1.29, 1.82) is 0 Å². The fourth-order valence-corrected chi connectivity index (χ4v) is 5.65. The number of amides is 2. The van der Waals surface area contributed by atoms with Crippen molar-refractivity contribution in [3.63, 3.8) is 0 Å². The van der Waals surface area contributed by atoms with Gasteiger partial charge in [-0.15, -0.1) is 0 Å². The van der Waals surface area contributed by atoms with Gasteiger partial charge in [0, 0.05) is 40.6 Å². The summed E-state index contributed by atoms with van der Waals surface area (Å²) in [5.41, 5.74) is 1.24. The standard InChI is InChI=1S/C26H25Cl4N3O4S/c1-31-26(35)24(13-17-7-4-3-5-8-17)32(15-19-20(28)9-6-10-21(19)29)25(34)16-33(38(2,36)37)23-14-18(27)11-12-22(23)30/h3-12,14,24H,13,15-16H2,1-2H3,(H,31,35)/t24-/m0/s1. The van der Waals surface area contributed by atoms with Crippen LogP contribution >= 0.6 is 46.4 Å². The molecule has 0 unspecified atom stereocenters. The topological polar surface area (TPSA) is 86.8 Å². The molecule has 0 heterocycles. The lowest BCUT2D eigenvalue weighted by Crippen LogP contribution is -2.53. The second-order valence-corrected chi connectivity index (χ2v) is 12.0. The van der Waals surface area contributed by atoms with Gasteiger partial charge in [0.15, 0.2) is 0 Å². The molecule has 0 aliphatic rings. The normalized spacial score (nSPS) is 12.1. The first kappa shape index (κ1) is 30.1. The first-order valence-corrected chi connectivity index (χ1v) is 14.7. The van der Waals surface area contributed by atoms with E-state index in [1.54, 1.807) is 18.2 Å². The zero-order chi connectivity index (χ0) is 28.0. The Balaban J connectivity index is 2.10. The van der Waals surface area contributed by atoms with Crippen molar-refractivity contribution in [3.05, 3.63) is 97.9 Å². The van der Waals surface area contributed by atoms with Crippen LogP contribution < -0.4 is 9.62 Å². The van der Waals surface area contributed by atoms with Crippen LogP contribution in [0.4, 0.5) is 5.69 Å². The fourth-order valence-electron chi connectivity index (χ4n) is 3.85. The smallest absolute Gasteiger partial charge is 0.244 e. The van der Waals surface area contributed by atoms with Crippen LogP contribution in [-0.4, -0.2) is 51.0 Å². The highest BCUT2D eigenvalue weighted by molar-refractivity contribution is 7.92. The van der Waals surface area contributed by atoms with E-state index in [9.17, 15) is 18.0 Å². The van der Waals surface area contributed by atoms with E-state index >= 15 is 0 Å². The summed E-state index contributed by atoms with van der Waals surface area (Å²) in [5.74, 6) is -1.12. The van der Waals surface area contributed by atoms with Gasteiger partial charge >= 0.3 is 0 Å². The minimum absolute atomic E-state index is 0.0327. The number of halogens is 4. The van der Waals surface area contributed by atoms with E-state index in [-0.39, 0.29) is 28.7 Å². The van der Waals surface area contributed by atoms with Gasteiger partial charge in [-0.1, -0.05) is 82.8 Å². The van der Waals surface area contributed by atoms with Crippen molar-refractivity contribution in [2.45, 2.75) is 19.0 Å². The highest BCUT2D eigenvalue weighted by Crippen LogP contribution is 2.32. The molecule has 0 aliphatic heterocycles. The molecule has 0 radical (unpaired) electrons. The SMILES string of the molecule is CNC(=O)[C@H](Cc1ccccc1)N(Cc1c(Cl)cccc1Cl)C(=O)CN(c1cc(Cl)ccc1Cl)S(C)(=O)=O. The van der Waals surface area contributed by atoms with E-state index in [2.05, 4.69) is 5.32 Å². The van der Waals surface area contributed by atoms with Crippen LogP contribution in [0.5, 0.6) is 0 Å². The van der Waals surface area contributed by atoms with Crippen molar-refractivity contribution in [3.8, 4) is 0 Å². The van der Waals surface area contributed by atoms with Gasteiger partial charge in [0.1, 0.15) is 12.6 Å².